The van der Waals surface area contributed by atoms with Crippen LogP contribution in [-0.2, 0) is 17.9 Å². The van der Waals surface area contributed by atoms with Crippen LogP contribution < -0.4 is 20.3 Å². The maximum atomic E-state index is 11.8. The van der Waals surface area contributed by atoms with E-state index in [2.05, 4.69) is 50.9 Å². The summed E-state index contributed by atoms with van der Waals surface area (Å²) in [5.74, 6) is 1.98. The maximum absolute atomic E-state index is 11.8. The highest BCUT2D eigenvalue weighted by Crippen LogP contribution is 2.30. The van der Waals surface area contributed by atoms with Gasteiger partial charge in [0, 0.05) is 52.2 Å². The van der Waals surface area contributed by atoms with Gasteiger partial charge in [0.05, 0.1) is 12.8 Å². The van der Waals surface area contributed by atoms with Crippen LogP contribution in [0.25, 0.3) is 0 Å². The first-order valence-corrected chi connectivity index (χ1v) is 11.4. The Morgan fingerprint density at radius 3 is 2.58 bits per heavy atom. The number of halogens is 1. The summed E-state index contributed by atoms with van der Waals surface area (Å²) < 4.78 is 5.52. The van der Waals surface area contributed by atoms with E-state index < -0.39 is 0 Å². The Labute approximate surface area is 213 Å². The van der Waals surface area contributed by atoms with Crippen LogP contribution in [-0.4, -0.2) is 56.6 Å². The lowest BCUT2D eigenvalue weighted by Crippen LogP contribution is -2.44. The van der Waals surface area contributed by atoms with E-state index >= 15 is 0 Å². The Morgan fingerprint density at radius 1 is 1.12 bits per heavy atom. The Balaban J connectivity index is 0.00000306. The normalized spacial score (nSPS) is 18.3. The number of amides is 1. The molecule has 2 aliphatic heterocycles. The van der Waals surface area contributed by atoms with E-state index in [0.29, 0.717) is 25.6 Å². The lowest BCUT2D eigenvalue weighted by molar-refractivity contribution is -0.128. The number of nitrogens with one attached hydrogen (secondary N) is 2. The van der Waals surface area contributed by atoms with Crippen molar-refractivity contribution < 1.29 is 9.53 Å². The molecule has 178 valence electrons. The minimum absolute atomic E-state index is 0. The van der Waals surface area contributed by atoms with Crippen LogP contribution in [0.4, 0.5) is 5.69 Å². The second-order valence-electron chi connectivity index (χ2n) is 8.41. The quantitative estimate of drug-likeness (QED) is 0.307. The molecule has 0 aliphatic carbocycles. The summed E-state index contributed by atoms with van der Waals surface area (Å²) in [5.41, 5.74) is 3.50. The molecule has 1 atom stereocenters. The van der Waals surface area contributed by atoms with Crippen LogP contribution in [0.1, 0.15) is 30.4 Å². The van der Waals surface area contributed by atoms with Gasteiger partial charge in [-0.2, -0.15) is 0 Å². The number of hydrogen-bond acceptors (Lipinski definition) is 4. The van der Waals surface area contributed by atoms with E-state index in [0.717, 1.165) is 49.9 Å². The average Bonchev–Trinajstić information content (AvgIpc) is 3.46. The summed E-state index contributed by atoms with van der Waals surface area (Å²) in [6, 6.07) is 17.0. The number of rotatable bonds is 7. The number of methoxy groups -OCH3 is 1. The first kappa shape index (κ1) is 25.1. The Kier molecular flexibility index (Phi) is 9.22. The number of carbonyl (C=O) groups is 1. The zero-order chi connectivity index (χ0) is 22.3. The first-order valence-electron chi connectivity index (χ1n) is 11.4. The van der Waals surface area contributed by atoms with Crippen molar-refractivity contribution in [2.45, 2.75) is 38.4 Å². The number of guanidine groups is 1. The fourth-order valence-electron chi connectivity index (χ4n) is 4.42. The molecule has 7 nitrogen and oxygen atoms in total. The van der Waals surface area contributed by atoms with Gasteiger partial charge in [0.2, 0.25) is 5.91 Å². The van der Waals surface area contributed by atoms with Gasteiger partial charge in [-0.15, -0.1) is 24.0 Å². The van der Waals surface area contributed by atoms with E-state index in [1.54, 1.807) is 14.2 Å². The Morgan fingerprint density at radius 2 is 1.88 bits per heavy atom. The fraction of sp³-hybridized carbons (Fsp3) is 0.440. The Bertz CT molecular complexity index is 950. The number of carbonyl (C=O) groups excluding carboxylic acids is 1. The van der Waals surface area contributed by atoms with Gasteiger partial charge in [0.25, 0.3) is 0 Å². The molecule has 33 heavy (non-hydrogen) atoms. The predicted octanol–water partition coefficient (Wildman–Crippen LogP) is 3.38. The highest BCUT2D eigenvalue weighted by atomic mass is 127. The summed E-state index contributed by atoms with van der Waals surface area (Å²) >= 11 is 0. The van der Waals surface area contributed by atoms with E-state index in [9.17, 15) is 4.79 Å². The van der Waals surface area contributed by atoms with Crippen molar-refractivity contribution in [3.8, 4) is 5.75 Å². The van der Waals surface area contributed by atoms with Gasteiger partial charge in [-0.3, -0.25) is 9.79 Å². The van der Waals surface area contributed by atoms with Crippen LogP contribution in [0.15, 0.2) is 53.5 Å². The zero-order valence-electron chi connectivity index (χ0n) is 19.4. The lowest BCUT2D eigenvalue weighted by Gasteiger charge is -2.22. The lowest BCUT2D eigenvalue weighted by atomic mass is 10.1. The molecule has 2 aromatic carbocycles. The molecule has 1 unspecified atom stereocenters. The molecule has 2 heterocycles. The third-order valence-electron chi connectivity index (χ3n) is 6.21. The number of hydrogen-bond donors (Lipinski definition) is 2. The Hall–Kier alpha value is -2.49. The van der Waals surface area contributed by atoms with Crippen molar-refractivity contribution in [1.29, 1.82) is 0 Å². The summed E-state index contributed by atoms with van der Waals surface area (Å²) in [4.78, 5) is 20.5. The molecule has 0 saturated carbocycles. The van der Waals surface area contributed by atoms with Crippen molar-refractivity contribution in [3.63, 3.8) is 0 Å². The first-order chi connectivity index (χ1) is 15.7. The SMILES string of the molecule is CN=C(NCc1ccc(CN2CCCC2=O)cc1)NC1CCN(c2ccccc2OC)C1.I. The molecule has 4 rings (SSSR count). The average molecular weight is 563 g/mol. The van der Waals surface area contributed by atoms with Crippen molar-refractivity contribution in [2.24, 2.45) is 4.99 Å². The fourth-order valence-corrected chi connectivity index (χ4v) is 4.42. The molecule has 2 fully saturated rings. The second kappa shape index (κ2) is 12.1. The molecule has 2 aromatic rings. The molecule has 0 aromatic heterocycles. The van der Waals surface area contributed by atoms with Gasteiger partial charge < -0.3 is 25.2 Å². The highest BCUT2D eigenvalue weighted by molar-refractivity contribution is 14.0. The van der Waals surface area contributed by atoms with Crippen molar-refractivity contribution in [3.05, 3.63) is 59.7 Å². The van der Waals surface area contributed by atoms with E-state index in [-0.39, 0.29) is 29.9 Å². The van der Waals surface area contributed by atoms with Crippen LogP contribution in [0.5, 0.6) is 5.75 Å². The summed E-state index contributed by atoms with van der Waals surface area (Å²) in [7, 11) is 3.52. The molecule has 2 saturated heterocycles. The topological polar surface area (TPSA) is 69.2 Å². The standard InChI is InChI=1S/C25H33N5O2.HI/c1-26-25(28-21-13-15-29(18-21)22-6-3-4-7-23(22)32-2)27-16-19-9-11-20(12-10-19)17-30-14-5-8-24(30)31;/h3-4,6-7,9-12,21H,5,8,13-18H2,1-2H3,(H2,26,27,28);1H. The number of likely N-dealkylation sites (tertiary alicyclic amines) is 1. The van der Waals surface area contributed by atoms with Gasteiger partial charge in [-0.05, 0) is 36.1 Å². The van der Waals surface area contributed by atoms with Crippen LogP contribution in [0.3, 0.4) is 0 Å². The summed E-state index contributed by atoms with van der Waals surface area (Å²) in [5, 5.41) is 6.97. The third kappa shape index (κ3) is 6.52. The number of benzene rings is 2. The molecule has 8 heteroatoms. The molecule has 0 radical (unpaired) electrons. The smallest absolute Gasteiger partial charge is 0.222 e. The number of anilines is 1. The minimum atomic E-state index is 0. The number of nitrogens with zero attached hydrogens (tertiary/aromatic N) is 3. The molecule has 2 aliphatic rings. The number of ether oxygens (including phenoxy) is 1. The zero-order valence-corrected chi connectivity index (χ0v) is 21.7. The molecule has 0 bridgehead atoms. The highest BCUT2D eigenvalue weighted by Gasteiger charge is 2.25. The van der Waals surface area contributed by atoms with Crippen molar-refractivity contribution >= 4 is 41.5 Å². The largest absolute Gasteiger partial charge is 0.495 e. The predicted molar refractivity (Wildman–Crippen MR) is 143 cm³/mol. The van der Waals surface area contributed by atoms with Crippen LogP contribution in [0, 0.1) is 0 Å². The maximum Gasteiger partial charge on any atom is 0.222 e. The molecular weight excluding hydrogens is 529 g/mol. The third-order valence-corrected chi connectivity index (χ3v) is 6.21. The van der Waals surface area contributed by atoms with Gasteiger partial charge in [0.15, 0.2) is 5.96 Å². The van der Waals surface area contributed by atoms with E-state index in [1.807, 2.05) is 23.1 Å². The monoisotopic (exact) mass is 563 g/mol. The van der Waals surface area contributed by atoms with Crippen LogP contribution >= 0.6 is 24.0 Å². The molecule has 1 amide bonds. The second-order valence-corrected chi connectivity index (χ2v) is 8.41. The summed E-state index contributed by atoms with van der Waals surface area (Å²) in [6.07, 6.45) is 2.71. The summed E-state index contributed by atoms with van der Waals surface area (Å²) in [6.45, 7) is 4.17. The van der Waals surface area contributed by atoms with Gasteiger partial charge in [0.1, 0.15) is 5.75 Å². The number of aliphatic imine (C=N–C) groups is 1. The van der Waals surface area contributed by atoms with Gasteiger partial charge >= 0.3 is 0 Å². The van der Waals surface area contributed by atoms with Gasteiger partial charge in [-0.1, -0.05) is 36.4 Å². The minimum Gasteiger partial charge on any atom is -0.495 e. The van der Waals surface area contributed by atoms with Crippen molar-refractivity contribution in [2.75, 3.05) is 38.7 Å². The molecule has 2 N–H and O–H groups in total. The van der Waals surface area contributed by atoms with E-state index in [1.165, 1.54) is 11.1 Å². The number of para-hydroxylation sites is 2. The molecule has 0 spiro atoms. The van der Waals surface area contributed by atoms with Crippen LogP contribution in [0.2, 0.25) is 0 Å². The van der Waals surface area contributed by atoms with Gasteiger partial charge in [-0.25, -0.2) is 0 Å². The molecular formula is C25H34IN5O2. The van der Waals surface area contributed by atoms with E-state index in [4.69, 9.17) is 4.74 Å². The van der Waals surface area contributed by atoms with Crippen molar-refractivity contribution in [1.82, 2.24) is 15.5 Å².